The number of halogens is 2. The van der Waals surface area contributed by atoms with Crippen molar-refractivity contribution in [3.63, 3.8) is 0 Å². The second-order valence-electron chi connectivity index (χ2n) is 4.75. The lowest BCUT2D eigenvalue weighted by molar-refractivity contribution is 0.0454. The number of benzene rings is 1. The van der Waals surface area contributed by atoms with Gasteiger partial charge in [-0.05, 0) is 39.8 Å². The van der Waals surface area contributed by atoms with Crippen LogP contribution in [0.1, 0.15) is 27.7 Å². The second kappa shape index (κ2) is 6.56. The average Bonchev–Trinajstić information content (AvgIpc) is 2.25. The van der Waals surface area contributed by atoms with Crippen molar-refractivity contribution >= 4 is 14.0 Å². The largest absolute Gasteiger partial charge is 0.537 e. The Morgan fingerprint density at radius 3 is 1.63 bits per heavy atom. The molecule has 0 saturated carbocycles. The van der Waals surface area contributed by atoms with E-state index in [0.717, 1.165) is 6.07 Å². The Balaban J connectivity index is 3.26. The van der Waals surface area contributed by atoms with Crippen molar-refractivity contribution in [2.24, 2.45) is 0 Å². The summed E-state index contributed by atoms with van der Waals surface area (Å²) in [5, 5.41) is 0.287. The van der Waals surface area contributed by atoms with Crippen LogP contribution in [-0.4, -0.2) is 28.1 Å². The van der Waals surface area contributed by atoms with Crippen LogP contribution in [0.25, 0.3) is 0 Å². The van der Waals surface area contributed by atoms with Crippen LogP contribution in [0.4, 0.5) is 8.78 Å². The van der Waals surface area contributed by atoms with Crippen LogP contribution >= 0.6 is 0 Å². The molecule has 0 bridgehead atoms. The Kier molecular flexibility index (Phi) is 5.60. The molecule has 0 fully saturated rings. The summed E-state index contributed by atoms with van der Waals surface area (Å²) in [5.41, 5.74) is 0. The molecule has 108 valence electrons. The summed E-state index contributed by atoms with van der Waals surface area (Å²) < 4.78 is 43.7. The second-order valence-corrected chi connectivity index (χ2v) is 7.32. The first-order valence-electron chi connectivity index (χ1n) is 6.16. The van der Waals surface area contributed by atoms with Crippen molar-refractivity contribution in [1.29, 1.82) is 0 Å². The molecule has 1 rings (SSSR count). The van der Waals surface area contributed by atoms with Gasteiger partial charge in [-0.2, -0.15) is 0 Å². The number of hydrogen-bond donors (Lipinski definition) is 0. The Labute approximate surface area is 113 Å². The first kappa shape index (κ1) is 16.2. The van der Waals surface area contributed by atoms with Crippen molar-refractivity contribution in [2.75, 3.05) is 7.11 Å². The number of rotatable bonds is 6. The molecule has 0 atom stereocenters. The third-order valence-corrected chi connectivity index (χ3v) is 5.36. The highest BCUT2D eigenvalue weighted by molar-refractivity contribution is 6.75. The molecule has 0 amide bonds. The molecule has 0 spiro atoms. The molecule has 0 unspecified atom stereocenters. The maximum absolute atomic E-state index is 13.4. The van der Waals surface area contributed by atoms with Gasteiger partial charge < -0.3 is 13.3 Å². The zero-order chi connectivity index (χ0) is 14.6. The van der Waals surface area contributed by atoms with Gasteiger partial charge in [0, 0.05) is 30.6 Å². The van der Waals surface area contributed by atoms with E-state index < -0.39 is 20.4 Å². The predicted molar refractivity (Wildman–Crippen MR) is 71.2 cm³/mol. The maximum Gasteiger partial charge on any atom is 0.537 e. The summed E-state index contributed by atoms with van der Waals surface area (Å²) in [4.78, 5) is 0. The van der Waals surface area contributed by atoms with Crippen molar-refractivity contribution in [3.8, 4) is 0 Å². The molecule has 0 aliphatic carbocycles. The average molecular weight is 290 g/mol. The Morgan fingerprint density at radius 2 is 1.32 bits per heavy atom. The van der Waals surface area contributed by atoms with Gasteiger partial charge in [0.2, 0.25) is 0 Å². The van der Waals surface area contributed by atoms with E-state index in [4.69, 9.17) is 13.3 Å². The summed E-state index contributed by atoms with van der Waals surface area (Å²) in [6.45, 7) is 7.28. The summed E-state index contributed by atoms with van der Waals surface area (Å²) in [6, 6.07) is 3.20. The smallest absolute Gasteiger partial charge is 0.373 e. The minimum absolute atomic E-state index is 0.184. The highest BCUT2D eigenvalue weighted by Gasteiger charge is 2.45. The van der Waals surface area contributed by atoms with Crippen LogP contribution in [-0.2, 0) is 13.3 Å². The summed E-state index contributed by atoms with van der Waals surface area (Å²) in [7, 11) is -1.88. The molecule has 0 aliphatic rings. The summed E-state index contributed by atoms with van der Waals surface area (Å²) >= 11 is 0. The Morgan fingerprint density at radius 1 is 0.895 bits per heavy atom. The zero-order valence-electron chi connectivity index (χ0n) is 11.9. The monoisotopic (exact) mass is 290 g/mol. The minimum atomic E-state index is -3.31. The molecule has 19 heavy (non-hydrogen) atoms. The van der Waals surface area contributed by atoms with Crippen molar-refractivity contribution in [2.45, 2.75) is 39.9 Å². The molecule has 1 aromatic rings. The lowest BCUT2D eigenvalue weighted by atomic mass is 10.3. The first-order valence-corrected chi connectivity index (χ1v) is 7.89. The predicted octanol–water partition coefficient (Wildman–Crippen LogP) is 2.61. The third-order valence-electron chi connectivity index (χ3n) is 2.27. The fourth-order valence-electron chi connectivity index (χ4n) is 1.73. The normalized spacial score (nSPS) is 12.5. The van der Waals surface area contributed by atoms with Gasteiger partial charge in [-0.25, -0.2) is 8.78 Å². The first-order chi connectivity index (χ1) is 8.79. The molecular formula is C13H20F2O3Si. The minimum Gasteiger partial charge on any atom is -0.373 e. The number of hydrogen-bond acceptors (Lipinski definition) is 3. The fraction of sp³-hybridized carbons (Fsp3) is 0.538. The van der Waals surface area contributed by atoms with Gasteiger partial charge in [0.15, 0.2) is 0 Å². The van der Waals surface area contributed by atoms with E-state index in [0.29, 0.717) is 0 Å². The van der Waals surface area contributed by atoms with Crippen LogP contribution in [0.15, 0.2) is 18.2 Å². The van der Waals surface area contributed by atoms with E-state index in [1.165, 1.54) is 19.2 Å². The third kappa shape index (κ3) is 4.34. The molecule has 0 aromatic heterocycles. The standard InChI is InChI=1S/C13H20F2O3Si/c1-9(2)17-19(16-5,18-10(3)4)13-7-11(14)6-12(15)8-13/h6-10H,1-5H3. The zero-order valence-corrected chi connectivity index (χ0v) is 12.9. The molecule has 0 radical (unpaired) electrons. The van der Waals surface area contributed by atoms with Crippen molar-refractivity contribution in [3.05, 3.63) is 29.8 Å². The van der Waals surface area contributed by atoms with Gasteiger partial charge >= 0.3 is 8.80 Å². The van der Waals surface area contributed by atoms with Gasteiger partial charge in [-0.15, -0.1) is 0 Å². The Bertz CT molecular complexity index is 394. The lowest BCUT2D eigenvalue weighted by Crippen LogP contribution is -2.58. The van der Waals surface area contributed by atoms with E-state index >= 15 is 0 Å². The molecule has 0 aliphatic heterocycles. The molecular weight excluding hydrogens is 270 g/mol. The summed E-state index contributed by atoms with van der Waals surface area (Å²) in [6.07, 6.45) is -0.367. The molecule has 3 nitrogen and oxygen atoms in total. The van der Waals surface area contributed by atoms with Crippen LogP contribution in [0.3, 0.4) is 0 Å². The van der Waals surface area contributed by atoms with Crippen LogP contribution in [0.5, 0.6) is 0 Å². The molecule has 6 heteroatoms. The molecule has 0 saturated heterocycles. The van der Waals surface area contributed by atoms with Gasteiger partial charge in [0.25, 0.3) is 0 Å². The van der Waals surface area contributed by atoms with Crippen LogP contribution in [0.2, 0.25) is 0 Å². The van der Waals surface area contributed by atoms with Crippen LogP contribution in [0, 0.1) is 11.6 Å². The van der Waals surface area contributed by atoms with Crippen LogP contribution < -0.4 is 5.19 Å². The summed E-state index contributed by atoms with van der Waals surface area (Å²) in [5.74, 6) is -1.35. The van der Waals surface area contributed by atoms with E-state index in [1.54, 1.807) is 0 Å². The highest BCUT2D eigenvalue weighted by atomic mass is 28.4. The van der Waals surface area contributed by atoms with Gasteiger partial charge in [-0.1, -0.05) is 0 Å². The van der Waals surface area contributed by atoms with Crippen molar-refractivity contribution < 1.29 is 22.1 Å². The van der Waals surface area contributed by atoms with E-state index in [1.807, 2.05) is 27.7 Å². The van der Waals surface area contributed by atoms with E-state index in [9.17, 15) is 8.78 Å². The fourth-order valence-corrected chi connectivity index (χ4v) is 4.36. The Hall–Kier alpha value is -0.823. The topological polar surface area (TPSA) is 27.7 Å². The van der Waals surface area contributed by atoms with E-state index in [2.05, 4.69) is 0 Å². The molecule has 0 heterocycles. The van der Waals surface area contributed by atoms with Crippen molar-refractivity contribution in [1.82, 2.24) is 0 Å². The maximum atomic E-state index is 13.4. The van der Waals surface area contributed by atoms with Gasteiger partial charge in [-0.3, -0.25) is 0 Å². The lowest BCUT2D eigenvalue weighted by Gasteiger charge is -2.31. The quantitative estimate of drug-likeness (QED) is 0.754. The highest BCUT2D eigenvalue weighted by Crippen LogP contribution is 2.16. The van der Waals surface area contributed by atoms with Gasteiger partial charge in [0.1, 0.15) is 11.6 Å². The SMILES string of the molecule is CO[Si](OC(C)C)(OC(C)C)c1cc(F)cc(F)c1. The molecule has 1 aromatic carbocycles. The van der Waals surface area contributed by atoms with Gasteiger partial charge in [0.05, 0.1) is 0 Å². The van der Waals surface area contributed by atoms with E-state index in [-0.39, 0.29) is 17.4 Å². The molecule has 0 N–H and O–H groups in total.